The Balaban J connectivity index is 2.92. The van der Waals surface area contributed by atoms with Gasteiger partial charge in [-0.15, -0.1) is 0 Å². The Morgan fingerprint density at radius 3 is 2.42 bits per heavy atom. The van der Waals surface area contributed by atoms with Crippen LogP contribution in [0, 0.1) is 0 Å². The molecule has 0 spiro atoms. The van der Waals surface area contributed by atoms with Crippen LogP contribution in [-0.2, 0) is 15.8 Å². The van der Waals surface area contributed by atoms with Crippen molar-refractivity contribution < 1.29 is 22.8 Å². The van der Waals surface area contributed by atoms with Gasteiger partial charge < -0.3 is 10.6 Å². The van der Waals surface area contributed by atoms with Crippen LogP contribution in [0.4, 0.5) is 18.9 Å². The number of halogens is 4. The van der Waals surface area contributed by atoms with Gasteiger partial charge in [-0.25, -0.2) is 0 Å². The molecule has 0 saturated heterocycles. The minimum atomic E-state index is -4.64. The van der Waals surface area contributed by atoms with Crippen molar-refractivity contribution in [1.82, 2.24) is 5.32 Å². The molecule has 0 aliphatic heterocycles. The number of hydrogen-bond acceptors (Lipinski definition) is 2. The number of nitrogens with one attached hydrogen (secondary N) is 2. The Morgan fingerprint density at radius 1 is 1.26 bits per heavy atom. The topological polar surface area (TPSA) is 58.2 Å². The zero-order valence-corrected chi connectivity index (χ0v) is 10.5. The highest BCUT2D eigenvalue weighted by atomic mass is 35.5. The molecule has 0 heterocycles. The number of carbonyl (C=O) groups is 2. The second-order valence-electron chi connectivity index (χ2n) is 3.51. The first-order valence-electron chi connectivity index (χ1n) is 5.21. The highest BCUT2D eigenvalue weighted by Gasteiger charge is 2.33. The molecule has 2 N–H and O–H groups in total. The number of anilines is 1. The number of carbonyl (C=O) groups excluding carboxylic acids is 2. The van der Waals surface area contributed by atoms with Gasteiger partial charge in [0.25, 0.3) is 0 Å². The fourth-order valence-electron chi connectivity index (χ4n) is 1.25. The van der Waals surface area contributed by atoms with Gasteiger partial charge in [-0.2, -0.15) is 13.2 Å². The maximum Gasteiger partial charge on any atom is 0.417 e. The zero-order chi connectivity index (χ0) is 14.6. The summed E-state index contributed by atoms with van der Waals surface area (Å²) < 4.78 is 37.7. The van der Waals surface area contributed by atoms with Gasteiger partial charge in [0.05, 0.1) is 10.6 Å². The summed E-state index contributed by atoms with van der Waals surface area (Å²) in [6, 6.07) is 2.84. The van der Waals surface area contributed by atoms with Crippen LogP contribution >= 0.6 is 11.6 Å². The van der Waals surface area contributed by atoms with Crippen LogP contribution in [0.3, 0.4) is 0 Å². The average molecular weight is 295 g/mol. The van der Waals surface area contributed by atoms with Crippen molar-refractivity contribution in [2.75, 3.05) is 11.9 Å². The maximum atomic E-state index is 12.6. The second-order valence-corrected chi connectivity index (χ2v) is 3.91. The molecule has 0 aromatic heterocycles. The number of alkyl halides is 3. The molecule has 0 aliphatic rings. The Bertz CT molecular complexity index is 503. The van der Waals surface area contributed by atoms with E-state index >= 15 is 0 Å². The van der Waals surface area contributed by atoms with E-state index in [9.17, 15) is 22.8 Å². The lowest BCUT2D eigenvalue weighted by Crippen LogP contribution is -2.35. The molecule has 4 nitrogen and oxygen atoms in total. The average Bonchev–Trinajstić information content (AvgIpc) is 2.30. The van der Waals surface area contributed by atoms with E-state index in [0.29, 0.717) is 6.07 Å². The lowest BCUT2D eigenvalue weighted by atomic mass is 10.2. The predicted octanol–water partition coefficient (Wildman–Crippen LogP) is 2.43. The molecule has 0 fully saturated rings. The Kier molecular flexibility index (Phi) is 4.77. The number of amides is 2. The van der Waals surface area contributed by atoms with E-state index in [1.54, 1.807) is 6.92 Å². The maximum absolute atomic E-state index is 12.6. The third-order valence-corrected chi connectivity index (χ3v) is 2.40. The Morgan fingerprint density at radius 2 is 1.89 bits per heavy atom. The lowest BCUT2D eigenvalue weighted by molar-refractivity contribution is -0.137. The van der Waals surface area contributed by atoms with E-state index in [-0.39, 0.29) is 12.2 Å². The zero-order valence-electron chi connectivity index (χ0n) is 9.77. The van der Waals surface area contributed by atoms with Gasteiger partial charge in [0.15, 0.2) is 0 Å². The van der Waals surface area contributed by atoms with Gasteiger partial charge in [-0.1, -0.05) is 11.6 Å². The number of likely N-dealkylation sites (N-methyl/N-ethyl adjacent to an activating group) is 1. The van der Waals surface area contributed by atoms with E-state index in [1.165, 1.54) is 6.07 Å². The molecular weight excluding hydrogens is 285 g/mol. The van der Waals surface area contributed by atoms with Crippen molar-refractivity contribution in [3.8, 4) is 0 Å². The third-order valence-electron chi connectivity index (χ3n) is 2.07. The van der Waals surface area contributed by atoms with Gasteiger partial charge >= 0.3 is 18.0 Å². The molecule has 2 amide bonds. The third kappa shape index (κ3) is 4.13. The van der Waals surface area contributed by atoms with E-state index in [1.807, 2.05) is 0 Å². The van der Waals surface area contributed by atoms with E-state index in [4.69, 9.17) is 11.6 Å². The summed E-state index contributed by atoms with van der Waals surface area (Å²) in [5.74, 6) is -1.97. The summed E-state index contributed by atoms with van der Waals surface area (Å²) >= 11 is 5.42. The fraction of sp³-hybridized carbons (Fsp3) is 0.273. The standard InChI is InChI=1S/C11H10ClF3N2O2/c1-2-16-9(18)10(19)17-6-3-4-8(12)7(5-6)11(13,14)15/h3-5H,2H2,1H3,(H,16,18)(H,17,19). The molecular formula is C11H10ClF3N2O2. The molecule has 1 aromatic rings. The molecule has 0 bridgehead atoms. The summed E-state index contributed by atoms with van der Waals surface area (Å²) in [5.41, 5.74) is -1.24. The van der Waals surface area contributed by atoms with Gasteiger partial charge in [-0.05, 0) is 25.1 Å². The Labute approximate surface area is 111 Å². The van der Waals surface area contributed by atoms with Crippen molar-refractivity contribution in [1.29, 1.82) is 0 Å². The highest BCUT2D eigenvalue weighted by Crippen LogP contribution is 2.36. The molecule has 19 heavy (non-hydrogen) atoms. The largest absolute Gasteiger partial charge is 0.417 e. The lowest BCUT2D eigenvalue weighted by Gasteiger charge is -2.11. The van der Waals surface area contributed by atoms with Gasteiger partial charge in [0.2, 0.25) is 0 Å². The predicted molar refractivity (Wildman–Crippen MR) is 63.8 cm³/mol. The van der Waals surface area contributed by atoms with Crippen molar-refractivity contribution in [2.45, 2.75) is 13.1 Å². The first-order valence-corrected chi connectivity index (χ1v) is 5.59. The summed E-state index contributed by atoms with van der Waals surface area (Å²) in [5, 5.41) is 3.80. The minimum Gasteiger partial charge on any atom is -0.348 e. The summed E-state index contributed by atoms with van der Waals surface area (Å²) in [6.45, 7) is 1.84. The van der Waals surface area contributed by atoms with Crippen LogP contribution in [0.5, 0.6) is 0 Å². The molecule has 0 saturated carbocycles. The van der Waals surface area contributed by atoms with Crippen molar-refractivity contribution in [3.05, 3.63) is 28.8 Å². The van der Waals surface area contributed by atoms with Gasteiger partial charge in [0.1, 0.15) is 0 Å². The second kappa shape index (κ2) is 5.92. The first kappa shape index (κ1) is 15.3. The molecule has 0 aliphatic carbocycles. The number of rotatable bonds is 2. The molecule has 0 atom stereocenters. The summed E-state index contributed by atoms with van der Waals surface area (Å²) in [4.78, 5) is 22.4. The molecule has 1 aromatic carbocycles. The van der Waals surface area contributed by atoms with Crippen LogP contribution in [0.25, 0.3) is 0 Å². The molecule has 1 rings (SSSR count). The molecule has 8 heteroatoms. The van der Waals surface area contributed by atoms with Crippen LogP contribution < -0.4 is 10.6 Å². The van der Waals surface area contributed by atoms with Crippen LogP contribution in [0.2, 0.25) is 5.02 Å². The highest BCUT2D eigenvalue weighted by molar-refractivity contribution is 6.39. The van der Waals surface area contributed by atoms with E-state index in [2.05, 4.69) is 10.6 Å². The van der Waals surface area contributed by atoms with Crippen molar-refractivity contribution in [3.63, 3.8) is 0 Å². The smallest absolute Gasteiger partial charge is 0.348 e. The summed E-state index contributed by atoms with van der Waals surface area (Å²) in [7, 11) is 0. The normalized spacial score (nSPS) is 11.0. The Hall–Kier alpha value is -1.76. The first-order chi connectivity index (χ1) is 8.75. The monoisotopic (exact) mass is 294 g/mol. The fourth-order valence-corrected chi connectivity index (χ4v) is 1.47. The van der Waals surface area contributed by atoms with E-state index in [0.717, 1.165) is 6.07 Å². The van der Waals surface area contributed by atoms with Crippen molar-refractivity contribution >= 4 is 29.1 Å². The van der Waals surface area contributed by atoms with E-state index < -0.39 is 28.6 Å². The van der Waals surface area contributed by atoms with Gasteiger partial charge in [-0.3, -0.25) is 9.59 Å². The molecule has 0 radical (unpaired) electrons. The van der Waals surface area contributed by atoms with Gasteiger partial charge in [0, 0.05) is 12.2 Å². The quantitative estimate of drug-likeness (QED) is 0.823. The van der Waals surface area contributed by atoms with Crippen molar-refractivity contribution in [2.24, 2.45) is 0 Å². The van der Waals surface area contributed by atoms with Crippen LogP contribution in [0.15, 0.2) is 18.2 Å². The number of hydrogen-bond donors (Lipinski definition) is 2. The summed E-state index contributed by atoms with van der Waals surface area (Å²) in [6.07, 6.45) is -4.64. The number of benzene rings is 1. The molecule has 0 unspecified atom stereocenters. The van der Waals surface area contributed by atoms with Crippen LogP contribution in [0.1, 0.15) is 12.5 Å². The van der Waals surface area contributed by atoms with Crippen LogP contribution in [-0.4, -0.2) is 18.4 Å². The minimum absolute atomic E-state index is 0.159. The SMILES string of the molecule is CCNC(=O)C(=O)Nc1ccc(Cl)c(C(F)(F)F)c1. The molecule has 104 valence electrons.